The number of benzene rings is 3. The summed E-state index contributed by atoms with van der Waals surface area (Å²) < 4.78 is 29.1. The summed E-state index contributed by atoms with van der Waals surface area (Å²) in [5, 5.41) is 0. The molecule has 6 heteroatoms. The normalized spacial score (nSPS) is 11.7. The number of nitrogens with zero attached hydrogens (tertiary/aromatic N) is 2. The largest absolute Gasteiger partial charge is 0.269 e. The van der Waals surface area contributed by atoms with E-state index in [1.165, 1.54) is 3.97 Å². The molecule has 0 bridgehead atoms. The van der Waals surface area contributed by atoms with Crippen molar-refractivity contribution in [2.45, 2.75) is 11.3 Å². The lowest BCUT2D eigenvalue weighted by Crippen LogP contribution is -2.16. The Kier molecular flexibility index (Phi) is 4.54. The summed E-state index contributed by atoms with van der Waals surface area (Å²) in [7, 11) is -3.74. The van der Waals surface area contributed by atoms with E-state index in [-0.39, 0.29) is 4.90 Å². The Morgan fingerprint density at radius 1 is 0.846 bits per heavy atom. The van der Waals surface area contributed by atoms with Crippen LogP contribution in [0.15, 0.2) is 83.8 Å². The Balaban J connectivity index is 1.92. The topological polar surface area (TPSA) is 52.0 Å². The van der Waals surface area contributed by atoms with E-state index in [9.17, 15) is 8.42 Å². The maximum absolute atomic E-state index is 13.4. The van der Waals surface area contributed by atoms with Gasteiger partial charge in [-0.1, -0.05) is 42.5 Å². The van der Waals surface area contributed by atoms with Crippen LogP contribution in [-0.2, 0) is 16.4 Å². The summed E-state index contributed by atoms with van der Waals surface area (Å²) >= 11 is 2.16. The fourth-order valence-electron chi connectivity index (χ4n) is 2.92. The molecule has 0 aliphatic heterocycles. The highest BCUT2D eigenvalue weighted by atomic mass is 127. The smallest absolute Gasteiger partial charge is 0.232 e. The Labute approximate surface area is 165 Å². The summed E-state index contributed by atoms with van der Waals surface area (Å²) in [4.78, 5) is 4.86. The Morgan fingerprint density at radius 3 is 2.23 bits per heavy atom. The molecule has 26 heavy (non-hydrogen) atoms. The molecule has 0 amide bonds. The van der Waals surface area contributed by atoms with Crippen molar-refractivity contribution in [2.24, 2.45) is 0 Å². The molecule has 4 nitrogen and oxygen atoms in total. The van der Waals surface area contributed by atoms with Gasteiger partial charge in [-0.05, 0) is 64.6 Å². The summed E-state index contributed by atoms with van der Waals surface area (Å²) in [6.07, 6.45) is 0.444. The standard InChI is InChI=1S/C20H15IN2O2S/c21-16-10-12-17(13-11-16)26(24,25)23-19-9-5-4-8-18(19)22-20(23)14-15-6-2-1-3-7-15/h1-13H,14H2. The zero-order valence-electron chi connectivity index (χ0n) is 13.7. The van der Waals surface area contributed by atoms with Gasteiger partial charge >= 0.3 is 0 Å². The van der Waals surface area contributed by atoms with E-state index < -0.39 is 10.0 Å². The van der Waals surface area contributed by atoms with Crippen LogP contribution >= 0.6 is 22.6 Å². The molecule has 0 aliphatic carbocycles. The van der Waals surface area contributed by atoms with Crippen molar-refractivity contribution in [3.8, 4) is 0 Å². The van der Waals surface area contributed by atoms with Gasteiger partial charge in [0.05, 0.1) is 15.9 Å². The first-order valence-electron chi connectivity index (χ1n) is 8.07. The van der Waals surface area contributed by atoms with Gasteiger partial charge < -0.3 is 0 Å². The van der Waals surface area contributed by atoms with Crippen LogP contribution < -0.4 is 0 Å². The van der Waals surface area contributed by atoms with E-state index in [1.807, 2.05) is 48.5 Å². The zero-order chi connectivity index (χ0) is 18.1. The molecule has 4 rings (SSSR count). The lowest BCUT2D eigenvalue weighted by atomic mass is 10.1. The van der Waals surface area contributed by atoms with Crippen molar-refractivity contribution in [1.82, 2.24) is 8.96 Å². The maximum atomic E-state index is 13.4. The van der Waals surface area contributed by atoms with Crippen molar-refractivity contribution in [3.05, 3.63) is 93.8 Å². The molecule has 0 aliphatic rings. The van der Waals surface area contributed by atoms with Crippen molar-refractivity contribution in [3.63, 3.8) is 0 Å². The molecule has 0 N–H and O–H groups in total. The number of fused-ring (bicyclic) bond motifs is 1. The van der Waals surface area contributed by atoms with Gasteiger partial charge in [0, 0.05) is 9.99 Å². The second-order valence-electron chi connectivity index (χ2n) is 5.90. The number of halogens is 1. The minimum atomic E-state index is -3.74. The molecule has 0 radical (unpaired) electrons. The maximum Gasteiger partial charge on any atom is 0.269 e. The Morgan fingerprint density at radius 2 is 1.50 bits per heavy atom. The van der Waals surface area contributed by atoms with Gasteiger partial charge in [0.15, 0.2) is 0 Å². The van der Waals surface area contributed by atoms with E-state index >= 15 is 0 Å². The van der Waals surface area contributed by atoms with Gasteiger partial charge in [-0.2, -0.15) is 0 Å². The van der Waals surface area contributed by atoms with Crippen LogP contribution in [0.3, 0.4) is 0 Å². The summed E-state index contributed by atoms with van der Waals surface area (Å²) in [5.41, 5.74) is 2.28. The second-order valence-corrected chi connectivity index (χ2v) is 8.93. The van der Waals surface area contributed by atoms with Gasteiger partial charge in [-0.3, -0.25) is 0 Å². The number of para-hydroxylation sites is 2. The Bertz CT molecular complexity index is 1170. The minimum absolute atomic E-state index is 0.260. The van der Waals surface area contributed by atoms with Crippen LogP contribution in [0.5, 0.6) is 0 Å². The molecule has 3 aromatic carbocycles. The quantitative estimate of drug-likeness (QED) is 0.411. The molecule has 0 saturated carbocycles. The number of hydrogen-bond donors (Lipinski definition) is 0. The van der Waals surface area contributed by atoms with E-state index in [4.69, 9.17) is 0 Å². The van der Waals surface area contributed by atoms with Crippen LogP contribution in [0.4, 0.5) is 0 Å². The molecular formula is C20H15IN2O2S. The van der Waals surface area contributed by atoms with Gasteiger partial charge in [-0.25, -0.2) is 17.4 Å². The lowest BCUT2D eigenvalue weighted by Gasteiger charge is -2.11. The molecule has 0 saturated heterocycles. The fourth-order valence-corrected chi connectivity index (χ4v) is 4.77. The minimum Gasteiger partial charge on any atom is -0.232 e. The fraction of sp³-hybridized carbons (Fsp3) is 0.0500. The number of rotatable bonds is 4. The molecule has 0 spiro atoms. The number of hydrogen-bond acceptors (Lipinski definition) is 3. The number of imidazole rings is 1. The van der Waals surface area contributed by atoms with E-state index in [2.05, 4.69) is 27.6 Å². The summed E-state index contributed by atoms with van der Waals surface area (Å²) in [6, 6.07) is 24.0. The molecule has 130 valence electrons. The molecule has 0 unspecified atom stereocenters. The van der Waals surface area contributed by atoms with E-state index in [1.54, 1.807) is 30.3 Å². The van der Waals surface area contributed by atoms with Gasteiger partial charge in [0.2, 0.25) is 0 Å². The molecular weight excluding hydrogens is 459 g/mol. The monoisotopic (exact) mass is 474 g/mol. The van der Waals surface area contributed by atoms with E-state index in [0.717, 1.165) is 9.13 Å². The predicted molar refractivity (Wildman–Crippen MR) is 111 cm³/mol. The van der Waals surface area contributed by atoms with Crippen LogP contribution in [0.1, 0.15) is 11.4 Å². The van der Waals surface area contributed by atoms with Crippen LogP contribution in [-0.4, -0.2) is 17.4 Å². The van der Waals surface area contributed by atoms with Crippen molar-refractivity contribution >= 4 is 43.6 Å². The van der Waals surface area contributed by atoms with Gasteiger partial charge in [0.25, 0.3) is 10.0 Å². The zero-order valence-corrected chi connectivity index (χ0v) is 16.7. The predicted octanol–water partition coefficient (Wildman–Crippen LogP) is 4.47. The third-order valence-electron chi connectivity index (χ3n) is 4.14. The summed E-state index contributed by atoms with van der Waals surface area (Å²) in [6.45, 7) is 0. The average molecular weight is 474 g/mol. The van der Waals surface area contributed by atoms with Crippen molar-refractivity contribution in [2.75, 3.05) is 0 Å². The van der Waals surface area contributed by atoms with Gasteiger partial charge in [-0.15, -0.1) is 0 Å². The molecule has 4 aromatic rings. The molecule has 0 fully saturated rings. The first kappa shape index (κ1) is 17.2. The Hall–Kier alpha value is -2.19. The average Bonchev–Trinajstić information content (AvgIpc) is 3.01. The first-order valence-corrected chi connectivity index (χ1v) is 10.6. The molecule has 1 heterocycles. The van der Waals surface area contributed by atoms with Crippen molar-refractivity contribution in [1.29, 1.82) is 0 Å². The summed E-state index contributed by atoms with van der Waals surface area (Å²) in [5.74, 6) is 0.510. The molecule has 1 aromatic heterocycles. The second kappa shape index (κ2) is 6.85. The first-order chi connectivity index (χ1) is 12.6. The highest BCUT2D eigenvalue weighted by Crippen LogP contribution is 2.25. The van der Waals surface area contributed by atoms with Crippen LogP contribution in [0, 0.1) is 3.57 Å². The van der Waals surface area contributed by atoms with Gasteiger partial charge in [0.1, 0.15) is 5.82 Å². The van der Waals surface area contributed by atoms with Crippen molar-refractivity contribution < 1.29 is 8.42 Å². The highest BCUT2D eigenvalue weighted by molar-refractivity contribution is 14.1. The highest BCUT2D eigenvalue weighted by Gasteiger charge is 2.24. The third kappa shape index (κ3) is 3.14. The molecule has 0 atom stereocenters. The van der Waals surface area contributed by atoms with Crippen LogP contribution in [0.2, 0.25) is 0 Å². The van der Waals surface area contributed by atoms with Crippen LogP contribution in [0.25, 0.3) is 11.0 Å². The third-order valence-corrected chi connectivity index (χ3v) is 6.62. The SMILES string of the molecule is O=S(=O)(c1ccc(I)cc1)n1c(Cc2ccccc2)nc2ccccc21. The number of aromatic nitrogens is 2. The van der Waals surface area contributed by atoms with E-state index in [0.29, 0.717) is 23.3 Å². The lowest BCUT2D eigenvalue weighted by molar-refractivity contribution is 0.586.